The maximum absolute atomic E-state index is 6.05. The molecule has 0 spiro atoms. The minimum Gasteiger partial charge on any atom is -0.492 e. The molecule has 2 nitrogen and oxygen atoms in total. The van der Waals surface area contributed by atoms with Crippen molar-refractivity contribution < 1.29 is 4.74 Å². The second-order valence-corrected chi connectivity index (χ2v) is 5.57. The number of aryl methyl sites for hydroxylation is 1. The molecule has 0 saturated carbocycles. The van der Waals surface area contributed by atoms with E-state index in [9.17, 15) is 0 Å². The molecule has 0 heterocycles. The molecule has 0 aliphatic rings. The maximum atomic E-state index is 6.05. The SMILES string of the molecule is CCC(NCCOc1cccc(C)c1)c1cccc(Cl)c1. The van der Waals surface area contributed by atoms with Gasteiger partial charge < -0.3 is 10.1 Å². The van der Waals surface area contributed by atoms with E-state index in [-0.39, 0.29) is 0 Å². The number of hydrogen-bond acceptors (Lipinski definition) is 2. The minimum atomic E-state index is 0.310. The van der Waals surface area contributed by atoms with E-state index in [1.54, 1.807) is 0 Å². The van der Waals surface area contributed by atoms with E-state index >= 15 is 0 Å². The van der Waals surface area contributed by atoms with E-state index in [0.29, 0.717) is 12.6 Å². The van der Waals surface area contributed by atoms with Crippen molar-refractivity contribution in [3.63, 3.8) is 0 Å². The van der Waals surface area contributed by atoms with Gasteiger partial charge >= 0.3 is 0 Å². The summed E-state index contributed by atoms with van der Waals surface area (Å²) < 4.78 is 5.75. The van der Waals surface area contributed by atoms with Gasteiger partial charge in [0, 0.05) is 17.6 Å². The lowest BCUT2D eigenvalue weighted by molar-refractivity contribution is 0.304. The van der Waals surface area contributed by atoms with Crippen LogP contribution in [0.3, 0.4) is 0 Å². The molecule has 0 aromatic heterocycles. The molecule has 3 heteroatoms. The second-order valence-electron chi connectivity index (χ2n) is 5.13. The Morgan fingerprint density at radius 1 is 1.14 bits per heavy atom. The molecule has 0 aliphatic carbocycles. The fourth-order valence-electron chi connectivity index (χ4n) is 2.33. The van der Waals surface area contributed by atoms with Crippen molar-refractivity contribution >= 4 is 11.6 Å². The van der Waals surface area contributed by atoms with Gasteiger partial charge in [0.25, 0.3) is 0 Å². The first-order chi connectivity index (χ1) is 10.2. The van der Waals surface area contributed by atoms with E-state index in [1.165, 1.54) is 11.1 Å². The molecule has 2 rings (SSSR count). The van der Waals surface area contributed by atoms with E-state index in [2.05, 4.69) is 31.3 Å². The first kappa shape index (κ1) is 15.9. The van der Waals surface area contributed by atoms with Gasteiger partial charge in [-0.3, -0.25) is 0 Å². The van der Waals surface area contributed by atoms with Crippen molar-refractivity contribution in [2.24, 2.45) is 0 Å². The highest BCUT2D eigenvalue weighted by molar-refractivity contribution is 6.30. The third-order valence-corrected chi connectivity index (χ3v) is 3.65. The quantitative estimate of drug-likeness (QED) is 0.744. The third kappa shape index (κ3) is 5.07. The third-order valence-electron chi connectivity index (χ3n) is 3.41. The van der Waals surface area contributed by atoms with Crippen LogP contribution in [0.2, 0.25) is 5.02 Å². The van der Waals surface area contributed by atoms with Crippen LogP contribution in [0.4, 0.5) is 0 Å². The molecule has 2 aromatic carbocycles. The summed E-state index contributed by atoms with van der Waals surface area (Å²) in [5.74, 6) is 0.924. The van der Waals surface area contributed by atoms with Gasteiger partial charge in [0.2, 0.25) is 0 Å². The van der Waals surface area contributed by atoms with Crippen LogP contribution in [0.25, 0.3) is 0 Å². The summed E-state index contributed by atoms with van der Waals surface area (Å²) in [4.78, 5) is 0. The maximum Gasteiger partial charge on any atom is 0.119 e. The molecular formula is C18H22ClNO. The molecule has 1 unspecified atom stereocenters. The average Bonchev–Trinajstić information content (AvgIpc) is 2.47. The largest absolute Gasteiger partial charge is 0.492 e. The Morgan fingerprint density at radius 3 is 2.67 bits per heavy atom. The predicted molar refractivity (Wildman–Crippen MR) is 89.2 cm³/mol. The number of hydrogen-bond donors (Lipinski definition) is 1. The van der Waals surface area contributed by atoms with Crippen LogP contribution in [-0.2, 0) is 0 Å². The van der Waals surface area contributed by atoms with Crippen molar-refractivity contribution in [2.45, 2.75) is 26.3 Å². The molecule has 21 heavy (non-hydrogen) atoms. The van der Waals surface area contributed by atoms with Crippen LogP contribution >= 0.6 is 11.6 Å². The Balaban J connectivity index is 1.81. The topological polar surface area (TPSA) is 21.3 Å². The highest BCUT2D eigenvalue weighted by Crippen LogP contribution is 2.20. The smallest absolute Gasteiger partial charge is 0.119 e. The molecule has 0 bridgehead atoms. The van der Waals surface area contributed by atoms with Crippen molar-refractivity contribution in [2.75, 3.05) is 13.2 Å². The standard InChI is InChI=1S/C18H22ClNO/c1-3-18(15-7-5-8-16(19)13-15)20-10-11-21-17-9-4-6-14(2)12-17/h4-9,12-13,18,20H,3,10-11H2,1-2H3. The summed E-state index contributed by atoms with van der Waals surface area (Å²) in [6, 6.07) is 16.4. The first-order valence-electron chi connectivity index (χ1n) is 7.37. The highest BCUT2D eigenvalue weighted by atomic mass is 35.5. The van der Waals surface area contributed by atoms with Gasteiger partial charge in [0.15, 0.2) is 0 Å². The Bertz CT molecular complexity index is 571. The summed E-state index contributed by atoms with van der Waals surface area (Å²) >= 11 is 6.05. The summed E-state index contributed by atoms with van der Waals surface area (Å²) in [6.45, 7) is 5.69. The number of nitrogens with one attached hydrogen (secondary N) is 1. The van der Waals surface area contributed by atoms with Crippen LogP contribution in [0.1, 0.15) is 30.5 Å². The molecule has 0 radical (unpaired) electrons. The Kier molecular flexibility index (Phi) is 6.09. The fraction of sp³-hybridized carbons (Fsp3) is 0.333. The molecule has 0 amide bonds. The molecule has 1 N–H and O–H groups in total. The van der Waals surface area contributed by atoms with Crippen molar-refractivity contribution in [1.29, 1.82) is 0 Å². The van der Waals surface area contributed by atoms with E-state index < -0.39 is 0 Å². The van der Waals surface area contributed by atoms with Crippen LogP contribution in [0.5, 0.6) is 5.75 Å². The lowest BCUT2D eigenvalue weighted by Gasteiger charge is -2.18. The molecular weight excluding hydrogens is 282 g/mol. The average molecular weight is 304 g/mol. The van der Waals surface area contributed by atoms with Crippen LogP contribution in [0, 0.1) is 6.92 Å². The van der Waals surface area contributed by atoms with Crippen molar-refractivity contribution in [3.05, 3.63) is 64.7 Å². The van der Waals surface area contributed by atoms with Gasteiger partial charge in [0.1, 0.15) is 12.4 Å². The lowest BCUT2D eigenvalue weighted by Crippen LogP contribution is -2.25. The monoisotopic (exact) mass is 303 g/mol. The second kappa shape index (κ2) is 8.06. The van der Waals surface area contributed by atoms with Gasteiger partial charge in [-0.25, -0.2) is 0 Å². The molecule has 112 valence electrons. The van der Waals surface area contributed by atoms with Gasteiger partial charge in [-0.1, -0.05) is 42.8 Å². The zero-order chi connectivity index (χ0) is 15.1. The number of ether oxygens (including phenoxy) is 1. The van der Waals surface area contributed by atoms with Gasteiger partial charge in [-0.15, -0.1) is 0 Å². The summed E-state index contributed by atoms with van der Waals surface area (Å²) in [6.07, 6.45) is 1.02. The zero-order valence-corrected chi connectivity index (χ0v) is 13.4. The van der Waals surface area contributed by atoms with Crippen molar-refractivity contribution in [1.82, 2.24) is 5.32 Å². The van der Waals surface area contributed by atoms with Gasteiger partial charge in [-0.05, 0) is 48.7 Å². The van der Waals surface area contributed by atoms with Crippen LogP contribution in [-0.4, -0.2) is 13.2 Å². The summed E-state index contributed by atoms with van der Waals surface area (Å²) in [7, 11) is 0. The number of halogens is 1. The Labute approximate surface area is 132 Å². The number of rotatable bonds is 7. The van der Waals surface area contributed by atoms with E-state index in [1.807, 2.05) is 36.4 Å². The van der Waals surface area contributed by atoms with E-state index in [0.717, 1.165) is 23.7 Å². The molecule has 2 aromatic rings. The molecule has 1 atom stereocenters. The first-order valence-corrected chi connectivity index (χ1v) is 7.75. The summed E-state index contributed by atoms with van der Waals surface area (Å²) in [5, 5.41) is 4.30. The summed E-state index contributed by atoms with van der Waals surface area (Å²) in [5.41, 5.74) is 2.44. The molecule has 0 saturated heterocycles. The predicted octanol–water partition coefficient (Wildman–Crippen LogP) is 4.77. The fourth-order valence-corrected chi connectivity index (χ4v) is 2.53. The van der Waals surface area contributed by atoms with Gasteiger partial charge in [-0.2, -0.15) is 0 Å². The highest BCUT2D eigenvalue weighted by Gasteiger charge is 2.08. The zero-order valence-electron chi connectivity index (χ0n) is 12.6. The van der Waals surface area contributed by atoms with Gasteiger partial charge in [0.05, 0.1) is 0 Å². The van der Waals surface area contributed by atoms with Crippen molar-refractivity contribution in [3.8, 4) is 5.75 Å². The number of benzene rings is 2. The van der Waals surface area contributed by atoms with Crippen LogP contribution < -0.4 is 10.1 Å². The molecule has 0 aliphatic heterocycles. The lowest BCUT2D eigenvalue weighted by atomic mass is 10.0. The Morgan fingerprint density at radius 2 is 1.95 bits per heavy atom. The Hall–Kier alpha value is -1.51. The van der Waals surface area contributed by atoms with Crippen LogP contribution in [0.15, 0.2) is 48.5 Å². The minimum absolute atomic E-state index is 0.310. The normalized spacial score (nSPS) is 12.1. The molecule has 0 fully saturated rings. The van der Waals surface area contributed by atoms with E-state index in [4.69, 9.17) is 16.3 Å².